The Hall–Kier alpha value is -2.77. The van der Waals surface area contributed by atoms with Gasteiger partial charge in [0.1, 0.15) is 5.75 Å². The second-order valence-electron chi connectivity index (χ2n) is 6.05. The van der Waals surface area contributed by atoms with Crippen LogP contribution in [0.5, 0.6) is 5.75 Å². The molecule has 0 bridgehead atoms. The summed E-state index contributed by atoms with van der Waals surface area (Å²) in [5.74, 6) is 0.573. The lowest BCUT2D eigenvalue weighted by Crippen LogP contribution is -2.30. The molecule has 2 aromatic heterocycles. The first-order valence-electron chi connectivity index (χ1n) is 8.56. The van der Waals surface area contributed by atoms with Gasteiger partial charge in [0, 0.05) is 16.2 Å². The van der Waals surface area contributed by atoms with Crippen LogP contribution in [0.1, 0.15) is 16.1 Å². The minimum Gasteiger partial charge on any atom is -0.497 e. The molecule has 28 heavy (non-hydrogen) atoms. The summed E-state index contributed by atoms with van der Waals surface area (Å²) in [6.45, 7) is 0.340. The van der Waals surface area contributed by atoms with Crippen molar-refractivity contribution in [2.24, 2.45) is 0 Å². The van der Waals surface area contributed by atoms with E-state index in [4.69, 9.17) is 4.74 Å². The van der Waals surface area contributed by atoms with Gasteiger partial charge in [0.05, 0.1) is 29.6 Å². The lowest BCUT2D eigenvalue weighted by atomic mass is 10.2. The summed E-state index contributed by atoms with van der Waals surface area (Å²) >= 11 is 4.97. The average Bonchev–Trinajstić information content (AvgIpc) is 3.15. The van der Waals surface area contributed by atoms with Gasteiger partial charge in [-0.2, -0.15) is 0 Å². The number of nitrogens with zero attached hydrogens (tertiary/aromatic N) is 3. The molecule has 0 spiro atoms. The van der Waals surface area contributed by atoms with Gasteiger partial charge in [-0.05, 0) is 54.6 Å². The number of amides is 1. The third-order valence-corrected chi connectivity index (χ3v) is 5.73. The van der Waals surface area contributed by atoms with Crippen LogP contribution in [-0.2, 0) is 6.54 Å². The van der Waals surface area contributed by atoms with Crippen molar-refractivity contribution in [3.05, 3.63) is 82.6 Å². The third kappa shape index (κ3) is 3.90. The first-order chi connectivity index (χ1) is 13.6. The van der Waals surface area contributed by atoms with E-state index in [9.17, 15) is 4.79 Å². The number of hydrogen-bond acceptors (Lipinski definition) is 5. The highest BCUT2D eigenvalue weighted by molar-refractivity contribution is 9.10. The van der Waals surface area contributed by atoms with Gasteiger partial charge in [-0.3, -0.25) is 14.7 Å². The Morgan fingerprint density at radius 1 is 1.14 bits per heavy atom. The molecule has 0 unspecified atom stereocenters. The van der Waals surface area contributed by atoms with Crippen LogP contribution in [0.25, 0.3) is 10.2 Å². The van der Waals surface area contributed by atoms with E-state index in [-0.39, 0.29) is 5.91 Å². The smallest absolute Gasteiger partial charge is 0.260 e. The molecule has 0 N–H and O–H groups in total. The molecule has 0 atom stereocenters. The molecule has 5 nitrogen and oxygen atoms in total. The zero-order valence-electron chi connectivity index (χ0n) is 15.0. The summed E-state index contributed by atoms with van der Waals surface area (Å²) in [5.41, 5.74) is 2.22. The highest BCUT2D eigenvalue weighted by Crippen LogP contribution is 2.32. The fourth-order valence-electron chi connectivity index (χ4n) is 2.77. The quantitative estimate of drug-likeness (QED) is 0.410. The van der Waals surface area contributed by atoms with Crippen LogP contribution in [-0.4, -0.2) is 23.0 Å². The number of carbonyl (C=O) groups is 1. The largest absolute Gasteiger partial charge is 0.497 e. The zero-order chi connectivity index (χ0) is 19.5. The van der Waals surface area contributed by atoms with Gasteiger partial charge < -0.3 is 4.74 Å². The first kappa shape index (κ1) is 18.6. The van der Waals surface area contributed by atoms with Crippen molar-refractivity contribution >= 4 is 48.5 Å². The van der Waals surface area contributed by atoms with E-state index in [0.717, 1.165) is 20.4 Å². The van der Waals surface area contributed by atoms with E-state index in [1.165, 1.54) is 11.3 Å². The van der Waals surface area contributed by atoms with Gasteiger partial charge in [0.25, 0.3) is 5.91 Å². The van der Waals surface area contributed by atoms with Crippen LogP contribution >= 0.6 is 27.3 Å². The molecule has 0 fully saturated rings. The average molecular weight is 454 g/mol. The second-order valence-corrected chi connectivity index (χ2v) is 7.97. The molecule has 140 valence electrons. The second kappa shape index (κ2) is 8.08. The van der Waals surface area contributed by atoms with E-state index >= 15 is 0 Å². The number of carbonyl (C=O) groups excluding carboxylic acids is 1. The number of thiazole rings is 1. The number of anilines is 1. The summed E-state index contributed by atoms with van der Waals surface area (Å²) in [6.07, 6.45) is 1.72. The van der Waals surface area contributed by atoms with E-state index in [2.05, 4.69) is 25.9 Å². The Kier molecular flexibility index (Phi) is 5.36. The first-order valence-corrected chi connectivity index (χ1v) is 10.2. The molecule has 4 aromatic rings. The number of fused-ring (bicyclic) bond motifs is 1. The molecule has 0 radical (unpaired) electrons. The summed E-state index contributed by atoms with van der Waals surface area (Å²) < 4.78 is 7.18. The summed E-state index contributed by atoms with van der Waals surface area (Å²) in [5, 5.41) is 0.638. The maximum absolute atomic E-state index is 13.3. The van der Waals surface area contributed by atoms with Gasteiger partial charge in [0.15, 0.2) is 5.13 Å². The Morgan fingerprint density at radius 2 is 1.96 bits per heavy atom. The number of ether oxygens (including phenoxy) is 1. The van der Waals surface area contributed by atoms with Gasteiger partial charge >= 0.3 is 0 Å². The molecule has 2 aromatic carbocycles. The molecule has 1 amide bonds. The Morgan fingerprint density at radius 3 is 2.68 bits per heavy atom. The molecule has 0 saturated carbocycles. The lowest BCUT2D eigenvalue weighted by Gasteiger charge is -2.19. The van der Waals surface area contributed by atoms with Gasteiger partial charge in [0.2, 0.25) is 0 Å². The number of benzene rings is 2. The number of halogens is 1. The van der Waals surface area contributed by atoms with E-state index in [0.29, 0.717) is 23.0 Å². The molecule has 7 heteroatoms. The number of hydrogen-bond donors (Lipinski definition) is 0. The Bertz CT molecular complexity index is 1110. The van der Waals surface area contributed by atoms with Crippen molar-refractivity contribution in [3.8, 4) is 5.75 Å². The molecule has 0 aliphatic rings. The van der Waals surface area contributed by atoms with Crippen LogP contribution in [0.15, 0.2) is 71.3 Å². The Labute approximate surface area is 174 Å². The van der Waals surface area contributed by atoms with Crippen molar-refractivity contribution in [3.63, 3.8) is 0 Å². The van der Waals surface area contributed by atoms with Gasteiger partial charge in [-0.15, -0.1) is 0 Å². The van der Waals surface area contributed by atoms with Crippen molar-refractivity contribution in [1.29, 1.82) is 0 Å². The van der Waals surface area contributed by atoms with Crippen molar-refractivity contribution < 1.29 is 9.53 Å². The topological polar surface area (TPSA) is 55.3 Å². The standard InChI is InChI=1S/C21H16BrN3O2S/c1-27-17-8-5-14(6-9-17)20(26)25(13-16-4-2-3-11-23-16)21-24-18-10-7-15(22)12-19(18)28-21/h2-12H,13H2,1H3. The van der Waals surface area contributed by atoms with Crippen LogP contribution in [0.3, 0.4) is 0 Å². The summed E-state index contributed by atoms with van der Waals surface area (Å²) in [4.78, 5) is 24.0. The molecule has 2 heterocycles. The molecule has 0 aliphatic carbocycles. The lowest BCUT2D eigenvalue weighted by molar-refractivity contribution is 0.0985. The highest BCUT2D eigenvalue weighted by Gasteiger charge is 2.22. The van der Waals surface area contributed by atoms with E-state index in [1.807, 2.05) is 36.4 Å². The van der Waals surface area contributed by atoms with Gasteiger partial charge in [-0.1, -0.05) is 33.3 Å². The Balaban J connectivity index is 1.74. The van der Waals surface area contributed by atoms with E-state index in [1.54, 1.807) is 42.5 Å². The van der Waals surface area contributed by atoms with Gasteiger partial charge in [-0.25, -0.2) is 4.98 Å². The predicted molar refractivity (Wildman–Crippen MR) is 115 cm³/mol. The minimum atomic E-state index is -0.133. The monoisotopic (exact) mass is 453 g/mol. The van der Waals surface area contributed by atoms with Crippen LogP contribution in [0, 0.1) is 0 Å². The molecule has 0 saturated heterocycles. The molecule has 4 rings (SSSR count). The normalized spacial score (nSPS) is 10.8. The van der Waals surface area contributed by atoms with Crippen molar-refractivity contribution in [1.82, 2.24) is 9.97 Å². The summed E-state index contributed by atoms with van der Waals surface area (Å²) in [6, 6.07) is 18.6. The zero-order valence-corrected chi connectivity index (χ0v) is 17.4. The predicted octanol–water partition coefficient (Wildman–Crippen LogP) is 5.31. The SMILES string of the molecule is COc1ccc(C(=O)N(Cc2ccccn2)c2nc3ccc(Br)cc3s2)cc1. The van der Waals surface area contributed by atoms with Crippen LogP contribution < -0.4 is 9.64 Å². The van der Waals surface area contributed by atoms with Crippen LogP contribution in [0.4, 0.5) is 5.13 Å². The number of rotatable bonds is 5. The van der Waals surface area contributed by atoms with Crippen molar-refractivity contribution in [2.75, 3.05) is 12.0 Å². The maximum Gasteiger partial charge on any atom is 0.260 e. The molecular formula is C21H16BrN3O2S. The minimum absolute atomic E-state index is 0.133. The maximum atomic E-state index is 13.3. The number of pyridine rings is 1. The molecular weight excluding hydrogens is 438 g/mol. The van der Waals surface area contributed by atoms with Crippen molar-refractivity contribution in [2.45, 2.75) is 6.54 Å². The molecule has 0 aliphatic heterocycles. The summed E-state index contributed by atoms with van der Waals surface area (Å²) in [7, 11) is 1.60. The third-order valence-electron chi connectivity index (χ3n) is 4.20. The van der Waals surface area contributed by atoms with Crippen LogP contribution in [0.2, 0.25) is 0 Å². The highest BCUT2D eigenvalue weighted by atomic mass is 79.9. The fraction of sp³-hybridized carbons (Fsp3) is 0.0952. The number of aromatic nitrogens is 2. The number of methoxy groups -OCH3 is 1. The van der Waals surface area contributed by atoms with E-state index < -0.39 is 0 Å². The fourth-order valence-corrected chi connectivity index (χ4v) is 4.29.